The fourth-order valence-electron chi connectivity index (χ4n) is 1.76. The highest BCUT2D eigenvalue weighted by atomic mass is 35.5. The highest BCUT2D eigenvalue weighted by Crippen LogP contribution is 2.29. The van der Waals surface area contributed by atoms with Gasteiger partial charge in [-0.15, -0.1) is 0 Å². The van der Waals surface area contributed by atoms with Gasteiger partial charge in [-0.05, 0) is 37.1 Å². The molecule has 2 rings (SSSR count). The highest BCUT2D eigenvalue weighted by Gasteiger charge is 2.08. The molecule has 0 N–H and O–H groups in total. The second kappa shape index (κ2) is 4.72. The quantitative estimate of drug-likeness (QED) is 0.817. The second-order valence-corrected chi connectivity index (χ2v) is 4.25. The molecule has 2 aromatic rings. The van der Waals surface area contributed by atoms with Crippen LogP contribution in [0.15, 0.2) is 24.5 Å². The minimum atomic E-state index is 0.398. The van der Waals surface area contributed by atoms with Gasteiger partial charge in [0.2, 0.25) is 0 Å². The van der Waals surface area contributed by atoms with Crippen molar-refractivity contribution in [2.75, 3.05) is 7.11 Å². The Morgan fingerprint density at radius 1 is 1.12 bits per heavy atom. The number of hydrogen-bond acceptors (Lipinski definition) is 3. The van der Waals surface area contributed by atoms with E-state index in [0.717, 1.165) is 28.1 Å². The SMILES string of the molecule is COc1cc(C)c(-c2cncc(Cl)n2)cc1C. The standard InChI is InChI=1S/C13H13ClN2O/c1-8-5-12(17-3)9(2)4-10(8)11-6-15-7-13(14)16-11/h4-7H,1-3H3. The third-order valence-electron chi connectivity index (χ3n) is 2.62. The van der Waals surface area contributed by atoms with Crippen LogP contribution in [0.3, 0.4) is 0 Å². The molecule has 0 atom stereocenters. The predicted octanol–water partition coefficient (Wildman–Crippen LogP) is 3.42. The molecule has 0 radical (unpaired) electrons. The second-order valence-electron chi connectivity index (χ2n) is 3.86. The van der Waals surface area contributed by atoms with Crippen LogP contribution in [0.25, 0.3) is 11.3 Å². The first kappa shape index (κ1) is 11.9. The van der Waals surface area contributed by atoms with Crippen molar-refractivity contribution in [1.82, 2.24) is 9.97 Å². The summed E-state index contributed by atoms with van der Waals surface area (Å²) in [6.07, 6.45) is 3.23. The van der Waals surface area contributed by atoms with Crippen molar-refractivity contribution in [2.24, 2.45) is 0 Å². The lowest BCUT2D eigenvalue weighted by molar-refractivity contribution is 0.411. The molecule has 0 spiro atoms. The molecule has 88 valence electrons. The van der Waals surface area contributed by atoms with Crippen molar-refractivity contribution in [3.63, 3.8) is 0 Å². The Kier molecular flexibility index (Phi) is 3.29. The van der Waals surface area contributed by atoms with E-state index in [1.807, 2.05) is 26.0 Å². The van der Waals surface area contributed by atoms with Crippen LogP contribution >= 0.6 is 11.6 Å². The van der Waals surface area contributed by atoms with E-state index in [1.54, 1.807) is 13.3 Å². The van der Waals surface area contributed by atoms with E-state index in [-0.39, 0.29) is 0 Å². The molecule has 0 aliphatic carbocycles. The Bertz CT molecular complexity index is 555. The van der Waals surface area contributed by atoms with E-state index >= 15 is 0 Å². The molecule has 0 bridgehead atoms. The number of methoxy groups -OCH3 is 1. The molecule has 0 aliphatic heterocycles. The Morgan fingerprint density at radius 2 is 1.88 bits per heavy atom. The van der Waals surface area contributed by atoms with Crippen LogP contribution in [0.2, 0.25) is 5.15 Å². The summed E-state index contributed by atoms with van der Waals surface area (Å²) in [6, 6.07) is 4.03. The Morgan fingerprint density at radius 3 is 2.53 bits per heavy atom. The van der Waals surface area contributed by atoms with Crippen LogP contribution in [-0.4, -0.2) is 17.1 Å². The number of benzene rings is 1. The maximum Gasteiger partial charge on any atom is 0.148 e. The largest absolute Gasteiger partial charge is 0.496 e. The molecule has 3 nitrogen and oxygen atoms in total. The number of nitrogens with zero attached hydrogens (tertiary/aromatic N) is 2. The van der Waals surface area contributed by atoms with Gasteiger partial charge < -0.3 is 4.74 Å². The summed E-state index contributed by atoms with van der Waals surface area (Å²) in [5.41, 5.74) is 3.96. The maximum absolute atomic E-state index is 5.85. The summed E-state index contributed by atoms with van der Waals surface area (Å²) in [5, 5.41) is 0.398. The van der Waals surface area contributed by atoms with Crippen molar-refractivity contribution >= 4 is 11.6 Å². The first-order valence-electron chi connectivity index (χ1n) is 5.25. The first-order chi connectivity index (χ1) is 8.11. The average molecular weight is 249 g/mol. The van der Waals surface area contributed by atoms with E-state index in [9.17, 15) is 0 Å². The van der Waals surface area contributed by atoms with Crippen LogP contribution in [0.4, 0.5) is 0 Å². The minimum Gasteiger partial charge on any atom is -0.496 e. The number of rotatable bonds is 2. The van der Waals surface area contributed by atoms with Crippen molar-refractivity contribution in [1.29, 1.82) is 0 Å². The summed E-state index contributed by atoms with van der Waals surface area (Å²) in [4.78, 5) is 8.31. The molecular formula is C13H13ClN2O. The molecule has 1 aromatic carbocycles. The molecule has 1 aromatic heterocycles. The molecule has 0 amide bonds. The third kappa shape index (κ3) is 2.39. The van der Waals surface area contributed by atoms with Crippen molar-refractivity contribution < 1.29 is 4.74 Å². The Labute approximate surface area is 105 Å². The maximum atomic E-state index is 5.85. The normalized spacial score (nSPS) is 10.4. The van der Waals surface area contributed by atoms with Crippen molar-refractivity contribution in [2.45, 2.75) is 13.8 Å². The van der Waals surface area contributed by atoms with Gasteiger partial charge in [-0.3, -0.25) is 4.98 Å². The molecule has 0 unspecified atom stereocenters. The lowest BCUT2D eigenvalue weighted by Gasteiger charge is -2.10. The van der Waals surface area contributed by atoms with Gasteiger partial charge >= 0.3 is 0 Å². The van der Waals surface area contributed by atoms with Crippen molar-refractivity contribution in [3.05, 3.63) is 40.8 Å². The predicted molar refractivity (Wildman–Crippen MR) is 68.5 cm³/mol. The van der Waals surface area contributed by atoms with Gasteiger partial charge in [0, 0.05) is 5.56 Å². The highest BCUT2D eigenvalue weighted by molar-refractivity contribution is 6.29. The van der Waals surface area contributed by atoms with Crippen LogP contribution in [0.1, 0.15) is 11.1 Å². The Balaban J connectivity index is 2.56. The monoisotopic (exact) mass is 248 g/mol. The molecule has 0 fully saturated rings. The molecule has 1 heterocycles. The molecule has 0 saturated carbocycles. The van der Waals surface area contributed by atoms with Gasteiger partial charge in [0.05, 0.1) is 25.2 Å². The van der Waals surface area contributed by atoms with Crippen LogP contribution in [-0.2, 0) is 0 Å². The average Bonchev–Trinajstić information content (AvgIpc) is 2.31. The van der Waals surface area contributed by atoms with Gasteiger partial charge in [0.1, 0.15) is 10.9 Å². The fraction of sp³-hybridized carbons (Fsp3) is 0.231. The lowest BCUT2D eigenvalue weighted by atomic mass is 10.0. The number of hydrogen-bond donors (Lipinski definition) is 0. The minimum absolute atomic E-state index is 0.398. The first-order valence-corrected chi connectivity index (χ1v) is 5.62. The zero-order valence-electron chi connectivity index (χ0n) is 9.99. The number of aryl methyl sites for hydroxylation is 2. The van der Waals surface area contributed by atoms with Crippen LogP contribution in [0.5, 0.6) is 5.75 Å². The van der Waals surface area contributed by atoms with Crippen LogP contribution < -0.4 is 4.74 Å². The van der Waals surface area contributed by atoms with Crippen LogP contribution in [0, 0.1) is 13.8 Å². The van der Waals surface area contributed by atoms with E-state index in [1.165, 1.54) is 6.20 Å². The zero-order valence-corrected chi connectivity index (χ0v) is 10.7. The summed E-state index contributed by atoms with van der Waals surface area (Å²) in [6.45, 7) is 4.01. The van der Waals surface area contributed by atoms with E-state index < -0.39 is 0 Å². The summed E-state index contributed by atoms with van der Waals surface area (Å²) >= 11 is 5.85. The fourth-order valence-corrected chi connectivity index (χ4v) is 1.90. The van der Waals surface area contributed by atoms with Gasteiger partial charge in [-0.2, -0.15) is 0 Å². The molecule has 0 saturated heterocycles. The van der Waals surface area contributed by atoms with E-state index in [2.05, 4.69) is 9.97 Å². The van der Waals surface area contributed by atoms with E-state index in [4.69, 9.17) is 16.3 Å². The van der Waals surface area contributed by atoms with Gasteiger partial charge in [-0.1, -0.05) is 11.6 Å². The summed E-state index contributed by atoms with van der Waals surface area (Å²) in [5.74, 6) is 0.876. The van der Waals surface area contributed by atoms with Crippen molar-refractivity contribution in [3.8, 4) is 17.0 Å². The molecule has 4 heteroatoms. The Hall–Kier alpha value is -1.61. The number of aromatic nitrogens is 2. The third-order valence-corrected chi connectivity index (χ3v) is 2.81. The zero-order chi connectivity index (χ0) is 12.4. The smallest absolute Gasteiger partial charge is 0.148 e. The lowest BCUT2D eigenvalue weighted by Crippen LogP contribution is -1.93. The number of halogens is 1. The molecule has 0 aliphatic rings. The molecular weight excluding hydrogens is 236 g/mol. The van der Waals surface area contributed by atoms with Gasteiger partial charge in [0.15, 0.2) is 0 Å². The number of ether oxygens (including phenoxy) is 1. The summed E-state index contributed by atoms with van der Waals surface area (Å²) < 4.78 is 5.28. The van der Waals surface area contributed by atoms with Gasteiger partial charge in [-0.25, -0.2) is 4.98 Å². The van der Waals surface area contributed by atoms with E-state index in [0.29, 0.717) is 5.15 Å². The van der Waals surface area contributed by atoms with Gasteiger partial charge in [0.25, 0.3) is 0 Å². The summed E-state index contributed by atoms with van der Waals surface area (Å²) in [7, 11) is 1.67. The molecule has 17 heavy (non-hydrogen) atoms. The topological polar surface area (TPSA) is 35.0 Å².